The van der Waals surface area contributed by atoms with Gasteiger partial charge < -0.3 is 0 Å². The molecule has 16 heavy (non-hydrogen) atoms. The molecule has 0 amide bonds. The average molecular weight is 245 g/mol. The summed E-state index contributed by atoms with van der Waals surface area (Å²) >= 11 is 0. The Morgan fingerprint density at radius 3 is 2.38 bits per heavy atom. The molecule has 92 valence electrons. The van der Waals surface area contributed by atoms with Gasteiger partial charge in [-0.15, -0.1) is 0 Å². The minimum Gasteiger partial charge on any atom is -0.299 e. The van der Waals surface area contributed by atoms with Crippen molar-refractivity contribution in [1.29, 1.82) is 5.26 Å². The van der Waals surface area contributed by atoms with E-state index in [-0.39, 0.29) is 5.54 Å². The lowest BCUT2D eigenvalue weighted by atomic mass is 10.0. The number of nitrogens with zero attached hydrogens (tertiary/aromatic N) is 3. The van der Waals surface area contributed by atoms with Gasteiger partial charge in [0.2, 0.25) is 10.0 Å². The van der Waals surface area contributed by atoms with E-state index >= 15 is 0 Å². The first-order valence-electron chi connectivity index (χ1n) is 5.31. The predicted octanol–water partition coefficient (Wildman–Crippen LogP) is 0.254. The van der Waals surface area contributed by atoms with Crippen molar-refractivity contribution < 1.29 is 8.42 Å². The summed E-state index contributed by atoms with van der Waals surface area (Å²) in [6.45, 7) is 7.05. The fraction of sp³-hybridized carbons (Fsp3) is 0.900. The molecule has 0 aromatic carbocycles. The summed E-state index contributed by atoms with van der Waals surface area (Å²) in [5.41, 5.74) is -0.180. The van der Waals surface area contributed by atoms with Crippen LogP contribution in [0.15, 0.2) is 0 Å². The number of sulfonamides is 1. The van der Waals surface area contributed by atoms with Crippen LogP contribution in [0.5, 0.6) is 0 Å². The highest BCUT2D eigenvalue weighted by molar-refractivity contribution is 7.89. The molecule has 1 heterocycles. The summed E-state index contributed by atoms with van der Waals surface area (Å²) < 4.78 is 25.4. The molecule has 1 atom stereocenters. The maximum Gasteiger partial charge on any atom is 0.230 e. The van der Waals surface area contributed by atoms with E-state index in [0.717, 1.165) is 0 Å². The molecule has 5 nitrogen and oxygen atoms in total. The zero-order chi connectivity index (χ0) is 12.6. The third-order valence-electron chi connectivity index (χ3n) is 3.27. The van der Waals surface area contributed by atoms with Crippen molar-refractivity contribution in [3.63, 3.8) is 0 Å². The van der Waals surface area contributed by atoms with Crippen LogP contribution in [0, 0.1) is 11.3 Å². The Kier molecular flexibility index (Phi) is 3.62. The van der Waals surface area contributed by atoms with Crippen LogP contribution < -0.4 is 0 Å². The zero-order valence-corrected chi connectivity index (χ0v) is 11.1. The topological polar surface area (TPSA) is 64.4 Å². The number of nitriles is 1. The maximum atomic E-state index is 12.0. The van der Waals surface area contributed by atoms with E-state index in [4.69, 9.17) is 5.26 Å². The Morgan fingerprint density at radius 2 is 1.94 bits per heavy atom. The first kappa shape index (κ1) is 13.4. The molecule has 0 aromatic heterocycles. The monoisotopic (exact) mass is 245 g/mol. The summed E-state index contributed by atoms with van der Waals surface area (Å²) in [7, 11) is -1.48. The second-order valence-electron chi connectivity index (χ2n) is 4.88. The molecule has 1 aliphatic rings. The normalized spacial score (nSPS) is 24.9. The van der Waals surface area contributed by atoms with Gasteiger partial charge in [-0.05, 0) is 27.8 Å². The smallest absolute Gasteiger partial charge is 0.230 e. The van der Waals surface area contributed by atoms with Crippen LogP contribution in [0.1, 0.15) is 20.8 Å². The van der Waals surface area contributed by atoms with Crippen molar-refractivity contribution in [2.45, 2.75) is 31.6 Å². The minimum absolute atomic E-state index is 0.180. The molecule has 0 aromatic rings. The van der Waals surface area contributed by atoms with Gasteiger partial charge in [0.15, 0.2) is 5.25 Å². The highest BCUT2D eigenvalue weighted by Crippen LogP contribution is 2.22. The predicted molar refractivity (Wildman–Crippen MR) is 62.3 cm³/mol. The standard InChI is InChI=1S/C10H19N3O2S/c1-9(7-11)16(14,15)13-6-5-12(4)10(2,3)8-13/h9H,5-6,8H2,1-4H3. The van der Waals surface area contributed by atoms with Crippen molar-refractivity contribution in [3.8, 4) is 6.07 Å². The number of hydrogen-bond acceptors (Lipinski definition) is 4. The molecule has 0 saturated carbocycles. The lowest BCUT2D eigenvalue weighted by molar-refractivity contribution is 0.0800. The Labute approximate surface area is 97.7 Å². The van der Waals surface area contributed by atoms with Gasteiger partial charge in [-0.3, -0.25) is 4.90 Å². The highest BCUT2D eigenvalue weighted by Gasteiger charge is 2.38. The largest absolute Gasteiger partial charge is 0.299 e. The van der Waals surface area contributed by atoms with Gasteiger partial charge in [0.1, 0.15) is 0 Å². The van der Waals surface area contributed by atoms with Gasteiger partial charge >= 0.3 is 0 Å². The Bertz CT molecular complexity index is 397. The number of piperazine rings is 1. The molecular weight excluding hydrogens is 226 g/mol. The third kappa shape index (κ3) is 2.37. The summed E-state index contributed by atoms with van der Waals surface area (Å²) in [6.07, 6.45) is 0. The van der Waals surface area contributed by atoms with Crippen molar-refractivity contribution in [2.24, 2.45) is 0 Å². The fourth-order valence-corrected chi connectivity index (χ4v) is 3.12. The van der Waals surface area contributed by atoms with E-state index in [2.05, 4.69) is 4.90 Å². The Morgan fingerprint density at radius 1 is 1.38 bits per heavy atom. The molecule has 1 saturated heterocycles. The van der Waals surface area contributed by atoms with Crippen LogP contribution in [0.3, 0.4) is 0 Å². The number of hydrogen-bond donors (Lipinski definition) is 0. The van der Waals surface area contributed by atoms with Gasteiger partial charge in [0.05, 0.1) is 6.07 Å². The van der Waals surface area contributed by atoms with Crippen LogP contribution in [0.4, 0.5) is 0 Å². The van der Waals surface area contributed by atoms with E-state index in [1.807, 2.05) is 20.9 Å². The van der Waals surface area contributed by atoms with E-state index in [1.165, 1.54) is 11.2 Å². The fourth-order valence-electron chi connectivity index (χ4n) is 1.70. The molecule has 1 unspecified atom stereocenters. The van der Waals surface area contributed by atoms with E-state index in [1.54, 1.807) is 6.07 Å². The molecule has 0 bridgehead atoms. The molecular formula is C10H19N3O2S. The SMILES string of the molecule is CC(C#N)S(=O)(=O)N1CCN(C)C(C)(C)C1. The Balaban J connectivity index is 2.90. The van der Waals surface area contributed by atoms with Crippen molar-refractivity contribution in [1.82, 2.24) is 9.21 Å². The van der Waals surface area contributed by atoms with E-state index in [9.17, 15) is 8.42 Å². The summed E-state index contributed by atoms with van der Waals surface area (Å²) in [5.74, 6) is 0. The van der Waals surface area contributed by atoms with Crippen molar-refractivity contribution in [2.75, 3.05) is 26.7 Å². The van der Waals surface area contributed by atoms with Gasteiger partial charge in [0, 0.05) is 25.2 Å². The molecule has 1 aliphatic heterocycles. The van der Waals surface area contributed by atoms with Crippen molar-refractivity contribution in [3.05, 3.63) is 0 Å². The van der Waals surface area contributed by atoms with Crippen LogP contribution in [-0.2, 0) is 10.0 Å². The first-order valence-corrected chi connectivity index (χ1v) is 6.82. The van der Waals surface area contributed by atoms with Gasteiger partial charge in [-0.1, -0.05) is 0 Å². The second kappa shape index (κ2) is 4.32. The lowest BCUT2D eigenvalue weighted by Gasteiger charge is -2.44. The molecule has 1 rings (SSSR count). The van der Waals surface area contributed by atoms with Crippen LogP contribution in [0.2, 0.25) is 0 Å². The minimum atomic E-state index is -3.46. The van der Waals surface area contributed by atoms with Crippen LogP contribution in [-0.4, -0.2) is 55.1 Å². The summed E-state index contributed by atoms with van der Waals surface area (Å²) in [6, 6.07) is 1.80. The van der Waals surface area contributed by atoms with Gasteiger partial charge in [0.25, 0.3) is 0 Å². The van der Waals surface area contributed by atoms with Crippen LogP contribution in [0.25, 0.3) is 0 Å². The Hall–Kier alpha value is -0.640. The molecule has 0 N–H and O–H groups in total. The molecule has 0 aliphatic carbocycles. The van der Waals surface area contributed by atoms with E-state index in [0.29, 0.717) is 19.6 Å². The number of rotatable bonds is 2. The lowest BCUT2D eigenvalue weighted by Crippen LogP contribution is -2.59. The third-order valence-corrected chi connectivity index (χ3v) is 5.30. The average Bonchev–Trinajstić information content (AvgIpc) is 2.20. The molecule has 0 radical (unpaired) electrons. The van der Waals surface area contributed by atoms with Gasteiger partial charge in [-0.2, -0.15) is 9.57 Å². The van der Waals surface area contributed by atoms with E-state index < -0.39 is 15.3 Å². The highest BCUT2D eigenvalue weighted by atomic mass is 32.2. The van der Waals surface area contributed by atoms with Gasteiger partial charge in [-0.25, -0.2) is 8.42 Å². The summed E-state index contributed by atoms with van der Waals surface area (Å²) in [5, 5.41) is 7.75. The molecule has 6 heteroatoms. The first-order chi connectivity index (χ1) is 7.21. The second-order valence-corrected chi connectivity index (χ2v) is 7.14. The van der Waals surface area contributed by atoms with Crippen LogP contribution >= 0.6 is 0 Å². The molecule has 1 fully saturated rings. The zero-order valence-electron chi connectivity index (χ0n) is 10.3. The quantitative estimate of drug-likeness (QED) is 0.700. The van der Waals surface area contributed by atoms with Crippen molar-refractivity contribution >= 4 is 10.0 Å². The summed E-state index contributed by atoms with van der Waals surface area (Å²) in [4.78, 5) is 2.13. The number of likely N-dealkylation sites (N-methyl/N-ethyl adjacent to an activating group) is 1. The maximum absolute atomic E-state index is 12.0. The molecule has 0 spiro atoms.